The number of rotatable bonds is 5. The molecule has 8 heteroatoms. The highest BCUT2D eigenvalue weighted by molar-refractivity contribution is 5.51. The zero-order valence-electron chi connectivity index (χ0n) is 11.7. The maximum Gasteiger partial charge on any atom is 0.311 e. The lowest BCUT2D eigenvalue weighted by Gasteiger charge is -2.09. The second kappa shape index (κ2) is 6.04. The van der Waals surface area contributed by atoms with Crippen LogP contribution < -0.4 is 15.8 Å². The van der Waals surface area contributed by atoms with E-state index in [1.54, 1.807) is 12.1 Å². The van der Waals surface area contributed by atoms with Crippen molar-refractivity contribution in [3.8, 4) is 11.6 Å². The highest BCUT2D eigenvalue weighted by Crippen LogP contribution is 2.32. The Balaban J connectivity index is 2.37. The van der Waals surface area contributed by atoms with E-state index < -0.39 is 4.92 Å². The van der Waals surface area contributed by atoms with Crippen molar-refractivity contribution in [2.75, 3.05) is 17.6 Å². The van der Waals surface area contributed by atoms with Gasteiger partial charge in [-0.25, -0.2) is 0 Å². The predicted molar refractivity (Wildman–Crippen MR) is 78.5 cm³/mol. The van der Waals surface area contributed by atoms with Gasteiger partial charge in [0.2, 0.25) is 17.6 Å². The third-order valence-corrected chi connectivity index (χ3v) is 2.60. The quantitative estimate of drug-likeness (QED) is 0.641. The van der Waals surface area contributed by atoms with Gasteiger partial charge < -0.3 is 15.8 Å². The minimum Gasteiger partial charge on any atom is -0.432 e. The molecule has 0 radical (unpaired) electrons. The highest BCUT2D eigenvalue weighted by atomic mass is 16.6. The van der Waals surface area contributed by atoms with Crippen molar-refractivity contribution < 1.29 is 9.66 Å². The van der Waals surface area contributed by atoms with Crippen molar-refractivity contribution in [2.24, 2.45) is 0 Å². The van der Waals surface area contributed by atoms with Gasteiger partial charge >= 0.3 is 5.69 Å². The minimum atomic E-state index is -0.509. The fraction of sp³-hybridized carbons (Fsp3) is 0.231. The molecule has 0 atom stereocenters. The van der Waals surface area contributed by atoms with E-state index in [0.717, 1.165) is 5.56 Å². The van der Waals surface area contributed by atoms with Crippen LogP contribution in [0.4, 0.5) is 17.5 Å². The number of benzene rings is 1. The smallest absolute Gasteiger partial charge is 0.311 e. The van der Waals surface area contributed by atoms with Crippen molar-refractivity contribution >= 4 is 17.5 Å². The van der Waals surface area contributed by atoms with Crippen molar-refractivity contribution in [1.29, 1.82) is 0 Å². The maximum absolute atomic E-state index is 11.0. The Kier molecular flexibility index (Phi) is 4.17. The molecule has 2 rings (SSSR count). The Morgan fingerprint density at radius 1 is 1.38 bits per heavy atom. The van der Waals surface area contributed by atoms with Gasteiger partial charge in [0.1, 0.15) is 5.82 Å². The first-order valence-electron chi connectivity index (χ1n) is 6.31. The second-order valence-electron chi connectivity index (χ2n) is 4.31. The lowest BCUT2D eigenvalue weighted by Crippen LogP contribution is -2.04. The fourth-order valence-electron chi connectivity index (χ4n) is 1.73. The largest absolute Gasteiger partial charge is 0.432 e. The number of hydrogen-bond donors (Lipinski definition) is 2. The van der Waals surface area contributed by atoms with E-state index in [1.807, 2.05) is 13.8 Å². The first kappa shape index (κ1) is 14.5. The topological polar surface area (TPSA) is 116 Å². The Bertz CT molecular complexity index is 675. The number of nitro groups is 1. The number of nitrogens with two attached hydrogens (primary N) is 1. The summed E-state index contributed by atoms with van der Waals surface area (Å²) >= 11 is 0. The average molecular weight is 289 g/mol. The molecule has 0 aliphatic carbocycles. The van der Waals surface area contributed by atoms with E-state index in [-0.39, 0.29) is 23.3 Å². The molecule has 0 saturated heterocycles. The van der Waals surface area contributed by atoms with Crippen molar-refractivity contribution in [1.82, 2.24) is 9.97 Å². The van der Waals surface area contributed by atoms with Crippen LogP contribution in [0, 0.1) is 17.0 Å². The number of nitrogen functional groups attached to an aromatic ring is 1. The van der Waals surface area contributed by atoms with E-state index in [9.17, 15) is 10.1 Å². The van der Waals surface area contributed by atoms with Crippen LogP contribution in [0.25, 0.3) is 0 Å². The maximum atomic E-state index is 11.0. The minimum absolute atomic E-state index is 0.0266. The lowest BCUT2D eigenvalue weighted by molar-refractivity contribution is -0.385. The van der Waals surface area contributed by atoms with Gasteiger partial charge in [0, 0.05) is 18.7 Å². The van der Waals surface area contributed by atoms with E-state index in [0.29, 0.717) is 12.4 Å². The summed E-state index contributed by atoms with van der Waals surface area (Å²) in [5, 5.41) is 14.0. The molecule has 0 bridgehead atoms. The molecular formula is C13H15N5O3. The zero-order chi connectivity index (χ0) is 15.4. The Morgan fingerprint density at radius 2 is 2.14 bits per heavy atom. The van der Waals surface area contributed by atoms with Crippen LogP contribution in [0.15, 0.2) is 24.3 Å². The second-order valence-corrected chi connectivity index (χ2v) is 4.31. The summed E-state index contributed by atoms with van der Waals surface area (Å²) in [6.45, 7) is 4.37. The van der Waals surface area contributed by atoms with Crippen LogP contribution in [0.3, 0.4) is 0 Å². The SMILES string of the molecule is CCNc1cc(Oc2cc(C)ccc2[N+](=O)[O-])nc(N)n1. The van der Waals surface area contributed by atoms with Gasteiger partial charge in [-0.05, 0) is 25.5 Å². The fourth-order valence-corrected chi connectivity index (χ4v) is 1.73. The van der Waals surface area contributed by atoms with Crippen molar-refractivity contribution in [3.05, 3.63) is 39.9 Å². The van der Waals surface area contributed by atoms with E-state index >= 15 is 0 Å². The molecule has 1 aromatic carbocycles. The normalized spacial score (nSPS) is 10.2. The van der Waals surface area contributed by atoms with Crippen LogP contribution in [0.5, 0.6) is 11.6 Å². The average Bonchev–Trinajstić information content (AvgIpc) is 2.38. The van der Waals surface area contributed by atoms with Crippen LogP contribution in [0.2, 0.25) is 0 Å². The molecule has 1 heterocycles. The summed E-state index contributed by atoms with van der Waals surface area (Å²) in [7, 11) is 0. The molecule has 0 aliphatic heterocycles. The summed E-state index contributed by atoms with van der Waals surface area (Å²) in [5.74, 6) is 0.779. The van der Waals surface area contributed by atoms with Gasteiger partial charge in [0.15, 0.2) is 0 Å². The molecule has 0 aliphatic rings. The Morgan fingerprint density at radius 3 is 2.81 bits per heavy atom. The molecule has 0 spiro atoms. The van der Waals surface area contributed by atoms with Gasteiger partial charge in [-0.2, -0.15) is 9.97 Å². The predicted octanol–water partition coefficient (Wildman–Crippen LogP) is 2.50. The lowest BCUT2D eigenvalue weighted by atomic mass is 10.2. The third-order valence-electron chi connectivity index (χ3n) is 2.60. The first-order valence-corrected chi connectivity index (χ1v) is 6.31. The first-order chi connectivity index (χ1) is 9.99. The highest BCUT2D eigenvalue weighted by Gasteiger charge is 2.16. The number of hydrogen-bond acceptors (Lipinski definition) is 7. The standard InChI is InChI=1S/C13H15N5O3/c1-3-15-11-7-12(17-13(14)16-11)21-10-6-8(2)4-5-9(10)18(19)20/h4-7H,3H2,1-2H3,(H3,14,15,16,17). The molecule has 110 valence electrons. The summed E-state index contributed by atoms with van der Waals surface area (Å²) in [4.78, 5) is 18.4. The summed E-state index contributed by atoms with van der Waals surface area (Å²) in [6.07, 6.45) is 0. The van der Waals surface area contributed by atoms with Crippen LogP contribution in [0.1, 0.15) is 12.5 Å². The molecule has 8 nitrogen and oxygen atoms in total. The van der Waals surface area contributed by atoms with E-state index in [1.165, 1.54) is 12.1 Å². The third kappa shape index (κ3) is 3.56. The van der Waals surface area contributed by atoms with Gasteiger partial charge in [0.05, 0.1) is 4.92 Å². The zero-order valence-corrected chi connectivity index (χ0v) is 11.7. The Hall–Kier alpha value is -2.90. The number of anilines is 2. The van der Waals surface area contributed by atoms with Crippen molar-refractivity contribution in [3.63, 3.8) is 0 Å². The molecule has 0 amide bonds. The molecule has 3 N–H and O–H groups in total. The van der Waals surface area contributed by atoms with Gasteiger partial charge in [-0.3, -0.25) is 10.1 Å². The molecular weight excluding hydrogens is 274 g/mol. The summed E-state index contributed by atoms with van der Waals surface area (Å²) in [5.41, 5.74) is 6.30. The molecule has 2 aromatic rings. The van der Waals surface area contributed by atoms with Crippen LogP contribution in [-0.4, -0.2) is 21.4 Å². The summed E-state index contributed by atoms with van der Waals surface area (Å²) in [6, 6.07) is 6.14. The van der Waals surface area contributed by atoms with Crippen LogP contribution in [-0.2, 0) is 0 Å². The number of aromatic nitrogens is 2. The number of aryl methyl sites for hydroxylation is 1. The van der Waals surface area contributed by atoms with E-state index in [4.69, 9.17) is 10.5 Å². The number of nitrogens with one attached hydrogen (secondary N) is 1. The van der Waals surface area contributed by atoms with Crippen molar-refractivity contribution in [2.45, 2.75) is 13.8 Å². The van der Waals surface area contributed by atoms with Gasteiger partial charge in [-0.1, -0.05) is 6.07 Å². The number of nitrogens with zero attached hydrogens (tertiary/aromatic N) is 3. The van der Waals surface area contributed by atoms with Gasteiger partial charge in [0.25, 0.3) is 0 Å². The monoisotopic (exact) mass is 289 g/mol. The molecule has 21 heavy (non-hydrogen) atoms. The molecule has 0 saturated carbocycles. The molecule has 0 unspecified atom stereocenters. The van der Waals surface area contributed by atoms with Crippen LogP contribution >= 0.6 is 0 Å². The summed E-state index contributed by atoms with van der Waals surface area (Å²) < 4.78 is 5.51. The number of ether oxygens (including phenoxy) is 1. The van der Waals surface area contributed by atoms with Gasteiger partial charge in [-0.15, -0.1) is 0 Å². The van der Waals surface area contributed by atoms with E-state index in [2.05, 4.69) is 15.3 Å². The Labute approximate surface area is 121 Å². The number of nitro benzene ring substituents is 1. The molecule has 0 fully saturated rings. The molecule has 1 aromatic heterocycles.